The van der Waals surface area contributed by atoms with Crippen LogP contribution in [0.3, 0.4) is 0 Å². The number of nitrogens with one attached hydrogen (secondary N) is 2. The Morgan fingerprint density at radius 3 is 2.33 bits per heavy atom. The fourth-order valence-corrected chi connectivity index (χ4v) is 2.73. The van der Waals surface area contributed by atoms with Crippen LogP contribution in [-0.2, 0) is 0 Å². The molecule has 1 aliphatic carbocycles. The molecule has 2 fully saturated rings. The maximum Gasteiger partial charge on any atom is 0.181 e. The fraction of sp³-hybridized carbons (Fsp3) is 0.909. The van der Waals surface area contributed by atoms with Crippen molar-refractivity contribution in [2.75, 3.05) is 13.1 Å². The number of thiocarbonyl (C=S) groups is 1. The molecule has 0 unspecified atom stereocenters. The average Bonchev–Trinajstić information content (AvgIpc) is 2.71. The minimum atomic E-state index is 0.620. The Hall–Kier alpha value is -0.350. The van der Waals surface area contributed by atoms with Crippen molar-refractivity contribution in [2.24, 2.45) is 0 Å². The molecule has 1 saturated carbocycles. The lowest BCUT2D eigenvalue weighted by Crippen LogP contribution is -2.51. The summed E-state index contributed by atoms with van der Waals surface area (Å²) < 4.78 is 0. The fourth-order valence-electron chi connectivity index (χ4n) is 2.44. The second kappa shape index (κ2) is 5.66. The van der Waals surface area contributed by atoms with Crippen molar-refractivity contribution in [1.82, 2.24) is 15.8 Å². The van der Waals surface area contributed by atoms with Crippen LogP contribution in [0.15, 0.2) is 0 Å². The van der Waals surface area contributed by atoms with E-state index in [0.717, 1.165) is 18.2 Å². The van der Waals surface area contributed by atoms with Crippen molar-refractivity contribution in [3.8, 4) is 0 Å². The molecule has 0 bridgehead atoms. The molecule has 1 heterocycles. The van der Waals surface area contributed by atoms with Crippen molar-refractivity contribution < 1.29 is 0 Å². The van der Waals surface area contributed by atoms with E-state index in [2.05, 4.69) is 15.8 Å². The highest BCUT2D eigenvalue weighted by molar-refractivity contribution is 7.80. The number of hydrogen-bond donors (Lipinski definition) is 2. The first-order valence-corrected chi connectivity index (χ1v) is 6.57. The Morgan fingerprint density at radius 1 is 1.00 bits per heavy atom. The zero-order valence-corrected chi connectivity index (χ0v) is 10.1. The highest BCUT2D eigenvalue weighted by atomic mass is 32.1. The monoisotopic (exact) mass is 227 g/mol. The molecule has 0 radical (unpaired) electrons. The third kappa shape index (κ3) is 3.61. The number of piperidine rings is 1. The quantitative estimate of drug-likeness (QED) is 0.703. The zero-order valence-electron chi connectivity index (χ0n) is 9.30. The second-order valence-corrected chi connectivity index (χ2v) is 5.02. The number of hydrazine groups is 1. The van der Waals surface area contributed by atoms with Crippen LogP contribution in [0, 0.1) is 0 Å². The molecule has 2 aliphatic rings. The molecule has 4 heteroatoms. The smallest absolute Gasteiger partial charge is 0.181 e. The first-order valence-electron chi connectivity index (χ1n) is 6.17. The Labute approximate surface area is 97.6 Å². The van der Waals surface area contributed by atoms with E-state index >= 15 is 0 Å². The third-order valence-electron chi connectivity index (χ3n) is 3.31. The third-order valence-corrected chi connectivity index (χ3v) is 3.52. The predicted molar refractivity (Wildman–Crippen MR) is 66.5 cm³/mol. The van der Waals surface area contributed by atoms with Crippen LogP contribution in [0.1, 0.15) is 44.9 Å². The van der Waals surface area contributed by atoms with Crippen LogP contribution < -0.4 is 10.7 Å². The van der Waals surface area contributed by atoms with Gasteiger partial charge in [0.1, 0.15) is 0 Å². The van der Waals surface area contributed by atoms with Crippen LogP contribution in [-0.4, -0.2) is 29.3 Å². The van der Waals surface area contributed by atoms with Gasteiger partial charge in [0.25, 0.3) is 0 Å². The van der Waals surface area contributed by atoms with E-state index in [1.807, 2.05) is 0 Å². The van der Waals surface area contributed by atoms with Gasteiger partial charge in [-0.3, -0.25) is 5.43 Å². The van der Waals surface area contributed by atoms with Crippen molar-refractivity contribution in [3.63, 3.8) is 0 Å². The van der Waals surface area contributed by atoms with E-state index in [1.54, 1.807) is 0 Å². The van der Waals surface area contributed by atoms with Gasteiger partial charge < -0.3 is 5.32 Å². The van der Waals surface area contributed by atoms with E-state index < -0.39 is 0 Å². The SMILES string of the molecule is S=C(NC1CCCC1)NN1CCCCC1. The Bertz CT molecular complexity index is 208. The molecule has 1 saturated heterocycles. The summed E-state index contributed by atoms with van der Waals surface area (Å²) >= 11 is 5.31. The number of hydrogen-bond acceptors (Lipinski definition) is 2. The van der Waals surface area contributed by atoms with Gasteiger partial charge >= 0.3 is 0 Å². The zero-order chi connectivity index (χ0) is 10.5. The van der Waals surface area contributed by atoms with Gasteiger partial charge in [0.05, 0.1) is 0 Å². The van der Waals surface area contributed by atoms with Gasteiger partial charge in [0, 0.05) is 19.1 Å². The summed E-state index contributed by atoms with van der Waals surface area (Å²) in [5, 5.41) is 6.47. The summed E-state index contributed by atoms with van der Waals surface area (Å²) in [6.45, 7) is 2.26. The van der Waals surface area contributed by atoms with Gasteiger partial charge in [-0.25, -0.2) is 5.01 Å². The van der Waals surface area contributed by atoms with Crippen molar-refractivity contribution >= 4 is 17.3 Å². The molecule has 3 nitrogen and oxygen atoms in total. The lowest BCUT2D eigenvalue weighted by molar-refractivity contribution is 0.193. The van der Waals surface area contributed by atoms with Crippen molar-refractivity contribution in [3.05, 3.63) is 0 Å². The Balaban J connectivity index is 1.66. The average molecular weight is 227 g/mol. The van der Waals surface area contributed by atoms with Gasteiger partial charge in [-0.05, 0) is 37.9 Å². The van der Waals surface area contributed by atoms with E-state index in [-0.39, 0.29) is 0 Å². The maximum atomic E-state index is 5.31. The van der Waals surface area contributed by atoms with Gasteiger partial charge in [0.15, 0.2) is 5.11 Å². The molecule has 0 spiro atoms. The summed E-state index contributed by atoms with van der Waals surface area (Å²) in [6, 6.07) is 0.620. The van der Waals surface area contributed by atoms with E-state index in [1.165, 1.54) is 44.9 Å². The van der Waals surface area contributed by atoms with Crippen LogP contribution in [0.25, 0.3) is 0 Å². The summed E-state index contributed by atoms with van der Waals surface area (Å²) in [6.07, 6.45) is 9.21. The summed E-state index contributed by atoms with van der Waals surface area (Å²) in [5.41, 5.74) is 3.30. The molecule has 1 aliphatic heterocycles. The maximum absolute atomic E-state index is 5.31. The Kier molecular flexibility index (Phi) is 4.20. The summed E-state index contributed by atoms with van der Waals surface area (Å²) in [4.78, 5) is 0. The van der Waals surface area contributed by atoms with Gasteiger partial charge in [-0.1, -0.05) is 19.3 Å². The van der Waals surface area contributed by atoms with Crippen molar-refractivity contribution in [2.45, 2.75) is 51.0 Å². The van der Waals surface area contributed by atoms with E-state index in [4.69, 9.17) is 12.2 Å². The minimum Gasteiger partial charge on any atom is -0.359 e. The molecular formula is C11H21N3S. The largest absolute Gasteiger partial charge is 0.359 e. The summed E-state index contributed by atoms with van der Waals surface area (Å²) in [7, 11) is 0. The molecular weight excluding hydrogens is 206 g/mol. The highest BCUT2D eigenvalue weighted by Gasteiger charge is 2.17. The second-order valence-electron chi connectivity index (χ2n) is 4.61. The molecule has 2 rings (SSSR count). The molecule has 86 valence electrons. The number of nitrogens with zero attached hydrogens (tertiary/aromatic N) is 1. The van der Waals surface area contributed by atoms with Crippen LogP contribution >= 0.6 is 12.2 Å². The predicted octanol–water partition coefficient (Wildman–Crippen LogP) is 1.79. The van der Waals surface area contributed by atoms with E-state index in [0.29, 0.717) is 6.04 Å². The van der Waals surface area contributed by atoms with Crippen LogP contribution in [0.4, 0.5) is 0 Å². The first-order chi connectivity index (χ1) is 7.34. The molecule has 0 amide bonds. The first kappa shape index (κ1) is 11.1. The molecule has 0 aromatic carbocycles. The van der Waals surface area contributed by atoms with Crippen molar-refractivity contribution in [1.29, 1.82) is 0 Å². The lowest BCUT2D eigenvalue weighted by Gasteiger charge is -2.29. The Morgan fingerprint density at radius 2 is 1.67 bits per heavy atom. The topological polar surface area (TPSA) is 27.3 Å². The van der Waals surface area contributed by atoms with Gasteiger partial charge in [0.2, 0.25) is 0 Å². The molecule has 0 atom stereocenters. The van der Waals surface area contributed by atoms with Gasteiger partial charge in [-0.2, -0.15) is 0 Å². The normalized spacial score (nSPS) is 24.0. The van der Waals surface area contributed by atoms with Gasteiger partial charge in [-0.15, -0.1) is 0 Å². The van der Waals surface area contributed by atoms with Crippen LogP contribution in [0.2, 0.25) is 0 Å². The molecule has 0 aromatic heterocycles. The number of rotatable bonds is 2. The standard InChI is InChI=1S/C11H21N3S/c15-11(12-10-6-2-3-7-10)13-14-8-4-1-5-9-14/h10H,1-9H2,(H2,12,13,15). The highest BCUT2D eigenvalue weighted by Crippen LogP contribution is 2.17. The van der Waals surface area contributed by atoms with E-state index in [9.17, 15) is 0 Å². The summed E-state index contributed by atoms with van der Waals surface area (Å²) in [5.74, 6) is 0. The molecule has 15 heavy (non-hydrogen) atoms. The molecule has 2 N–H and O–H groups in total. The minimum absolute atomic E-state index is 0.620. The lowest BCUT2D eigenvalue weighted by atomic mass is 10.2. The molecule has 0 aromatic rings. The van der Waals surface area contributed by atoms with Crippen LogP contribution in [0.5, 0.6) is 0 Å².